The number of aromatic nitrogens is 3. The molecule has 0 amide bonds. The van der Waals surface area contributed by atoms with Crippen molar-refractivity contribution in [3.8, 4) is 5.88 Å². The zero-order valence-electron chi connectivity index (χ0n) is 11.1. The fourth-order valence-corrected chi connectivity index (χ4v) is 2.21. The van der Waals surface area contributed by atoms with E-state index >= 15 is 0 Å². The number of benzene rings is 1. The maximum atomic E-state index is 11.4. The lowest BCUT2D eigenvalue weighted by atomic mass is 10.1. The summed E-state index contributed by atoms with van der Waals surface area (Å²) in [6.45, 7) is 1.75. The van der Waals surface area contributed by atoms with E-state index in [4.69, 9.17) is 0 Å². The molecule has 6 heteroatoms. The van der Waals surface area contributed by atoms with Crippen LogP contribution in [-0.4, -0.2) is 32.8 Å². The predicted molar refractivity (Wildman–Crippen MR) is 72.6 cm³/mol. The van der Waals surface area contributed by atoms with Crippen LogP contribution in [0.4, 0.5) is 0 Å². The number of carbonyl (C=O) groups is 1. The van der Waals surface area contributed by atoms with Crippen LogP contribution in [-0.2, 0) is 16.0 Å². The molecule has 0 bridgehead atoms. The predicted octanol–water partition coefficient (Wildman–Crippen LogP) is 1.61. The van der Waals surface area contributed by atoms with Crippen LogP contribution in [0.3, 0.4) is 0 Å². The van der Waals surface area contributed by atoms with Gasteiger partial charge in [-0.2, -0.15) is 9.61 Å². The number of methoxy groups -OCH3 is 1. The van der Waals surface area contributed by atoms with Crippen LogP contribution < -0.4 is 0 Å². The number of ether oxygens (including phenoxy) is 1. The van der Waals surface area contributed by atoms with Gasteiger partial charge in [0.25, 0.3) is 0 Å². The first kappa shape index (κ1) is 12.4. The molecule has 1 aromatic carbocycles. The highest BCUT2D eigenvalue weighted by Crippen LogP contribution is 2.26. The molecule has 2 aromatic heterocycles. The number of rotatable bonds is 2. The van der Waals surface area contributed by atoms with Crippen molar-refractivity contribution in [2.75, 3.05) is 7.11 Å². The van der Waals surface area contributed by atoms with Crippen LogP contribution in [0.5, 0.6) is 5.88 Å². The van der Waals surface area contributed by atoms with Crippen molar-refractivity contribution in [3.05, 3.63) is 35.5 Å². The smallest absolute Gasteiger partial charge is 0.310 e. The summed E-state index contributed by atoms with van der Waals surface area (Å²) >= 11 is 0. The fraction of sp³-hybridized carbons (Fsp3) is 0.214. The maximum absolute atomic E-state index is 11.4. The van der Waals surface area contributed by atoms with Gasteiger partial charge in [0.1, 0.15) is 0 Å². The number of carbonyl (C=O) groups excluding carboxylic acids is 1. The number of esters is 1. The summed E-state index contributed by atoms with van der Waals surface area (Å²) < 4.78 is 5.98. The van der Waals surface area contributed by atoms with Crippen molar-refractivity contribution >= 4 is 22.5 Å². The standard InChI is InChI=1S/C14H13N3O3/c1-8-10(7-12(18)20-2)14(19)17-13(15-8)9-5-3-4-6-11(9)16-17/h3-6,19H,7H2,1-2H3. The SMILES string of the molecule is COC(=O)Cc1c(C)nc2c3ccccc3nn2c1O. The molecule has 0 aliphatic carbocycles. The molecule has 102 valence electrons. The molecule has 0 spiro atoms. The van der Waals surface area contributed by atoms with E-state index in [2.05, 4.69) is 14.8 Å². The molecule has 0 aliphatic rings. The second-order valence-electron chi connectivity index (χ2n) is 4.50. The second-order valence-corrected chi connectivity index (χ2v) is 4.50. The van der Waals surface area contributed by atoms with E-state index in [0.29, 0.717) is 16.9 Å². The number of nitrogens with zero attached hydrogens (tertiary/aromatic N) is 3. The molecule has 0 aliphatic heterocycles. The van der Waals surface area contributed by atoms with Crippen LogP contribution in [0.2, 0.25) is 0 Å². The Morgan fingerprint density at radius 1 is 1.40 bits per heavy atom. The van der Waals surface area contributed by atoms with Crippen LogP contribution >= 0.6 is 0 Å². The molecule has 0 radical (unpaired) electrons. The van der Waals surface area contributed by atoms with Crippen molar-refractivity contribution in [1.82, 2.24) is 14.6 Å². The van der Waals surface area contributed by atoms with Gasteiger partial charge in [0, 0.05) is 16.6 Å². The quantitative estimate of drug-likeness (QED) is 0.716. The van der Waals surface area contributed by atoms with Crippen molar-refractivity contribution < 1.29 is 14.6 Å². The molecular formula is C14H13N3O3. The van der Waals surface area contributed by atoms with Gasteiger partial charge in [-0.15, -0.1) is 0 Å². The summed E-state index contributed by atoms with van der Waals surface area (Å²) in [6.07, 6.45) is -0.0344. The summed E-state index contributed by atoms with van der Waals surface area (Å²) in [4.78, 5) is 15.8. The zero-order chi connectivity index (χ0) is 14.3. The van der Waals surface area contributed by atoms with Gasteiger partial charge >= 0.3 is 5.97 Å². The van der Waals surface area contributed by atoms with Crippen LogP contribution in [0.1, 0.15) is 11.3 Å². The summed E-state index contributed by atoms with van der Waals surface area (Å²) in [7, 11) is 1.31. The van der Waals surface area contributed by atoms with E-state index in [-0.39, 0.29) is 12.3 Å². The Bertz CT molecular complexity index is 823. The summed E-state index contributed by atoms with van der Waals surface area (Å²) in [5.74, 6) is -0.504. The molecule has 2 heterocycles. The second kappa shape index (κ2) is 4.48. The number of hydrogen-bond acceptors (Lipinski definition) is 5. The third kappa shape index (κ3) is 1.77. The Morgan fingerprint density at radius 2 is 2.15 bits per heavy atom. The summed E-state index contributed by atoms with van der Waals surface area (Å²) in [6, 6.07) is 7.50. The van der Waals surface area contributed by atoms with Crippen molar-refractivity contribution in [3.63, 3.8) is 0 Å². The Balaban J connectivity index is 2.29. The minimum atomic E-state index is -0.429. The van der Waals surface area contributed by atoms with Gasteiger partial charge in [-0.05, 0) is 19.1 Å². The van der Waals surface area contributed by atoms with E-state index in [1.807, 2.05) is 24.3 Å². The lowest BCUT2D eigenvalue weighted by Gasteiger charge is -2.08. The zero-order valence-corrected chi connectivity index (χ0v) is 11.1. The molecule has 0 fully saturated rings. The molecule has 3 rings (SSSR count). The molecule has 1 N–H and O–H groups in total. The van der Waals surface area contributed by atoms with Crippen molar-refractivity contribution in [1.29, 1.82) is 0 Å². The van der Waals surface area contributed by atoms with Gasteiger partial charge < -0.3 is 9.84 Å². The first-order chi connectivity index (χ1) is 9.61. The third-order valence-corrected chi connectivity index (χ3v) is 3.28. The Morgan fingerprint density at radius 3 is 2.90 bits per heavy atom. The number of hydrogen-bond donors (Lipinski definition) is 1. The van der Waals surface area contributed by atoms with Crippen LogP contribution in [0.15, 0.2) is 24.3 Å². The number of aromatic hydroxyl groups is 1. The fourth-order valence-electron chi connectivity index (χ4n) is 2.21. The average Bonchev–Trinajstić information content (AvgIpc) is 2.82. The average molecular weight is 271 g/mol. The minimum absolute atomic E-state index is 0.0344. The van der Waals surface area contributed by atoms with Crippen LogP contribution in [0.25, 0.3) is 16.6 Å². The molecule has 0 saturated heterocycles. The molecule has 6 nitrogen and oxygen atoms in total. The van der Waals surface area contributed by atoms with E-state index in [0.717, 1.165) is 10.9 Å². The van der Waals surface area contributed by atoms with Crippen molar-refractivity contribution in [2.24, 2.45) is 0 Å². The molecule has 0 unspecified atom stereocenters. The first-order valence-corrected chi connectivity index (χ1v) is 6.14. The Kier molecular flexibility index (Phi) is 2.78. The molecule has 3 aromatic rings. The summed E-state index contributed by atoms with van der Waals surface area (Å²) in [5, 5.41) is 15.5. The highest BCUT2D eigenvalue weighted by atomic mass is 16.5. The molecule has 20 heavy (non-hydrogen) atoms. The van der Waals surface area contributed by atoms with Gasteiger partial charge in [0.2, 0.25) is 5.88 Å². The Labute approximate surface area is 114 Å². The van der Waals surface area contributed by atoms with Gasteiger partial charge in [-0.3, -0.25) is 4.79 Å². The van der Waals surface area contributed by atoms with E-state index in [9.17, 15) is 9.90 Å². The normalized spacial score (nSPS) is 11.1. The van der Waals surface area contributed by atoms with Crippen LogP contribution in [0, 0.1) is 6.92 Å². The maximum Gasteiger partial charge on any atom is 0.310 e. The lowest BCUT2D eigenvalue weighted by Crippen LogP contribution is -2.09. The monoisotopic (exact) mass is 271 g/mol. The van der Waals surface area contributed by atoms with Gasteiger partial charge in [0.05, 0.1) is 19.0 Å². The highest BCUT2D eigenvalue weighted by molar-refractivity contribution is 5.92. The number of fused-ring (bicyclic) bond motifs is 3. The lowest BCUT2D eigenvalue weighted by molar-refractivity contribution is -0.139. The highest BCUT2D eigenvalue weighted by Gasteiger charge is 2.18. The largest absolute Gasteiger partial charge is 0.493 e. The first-order valence-electron chi connectivity index (χ1n) is 6.14. The van der Waals surface area contributed by atoms with E-state index < -0.39 is 5.97 Å². The Hall–Kier alpha value is -2.63. The van der Waals surface area contributed by atoms with Gasteiger partial charge in [-0.25, -0.2) is 4.98 Å². The van der Waals surface area contributed by atoms with E-state index in [1.54, 1.807) is 6.92 Å². The number of aryl methyl sites for hydroxylation is 1. The molecule has 0 saturated carbocycles. The summed E-state index contributed by atoms with van der Waals surface area (Å²) in [5.41, 5.74) is 2.33. The minimum Gasteiger partial charge on any atom is -0.493 e. The topological polar surface area (TPSA) is 76.7 Å². The molecular weight excluding hydrogens is 258 g/mol. The van der Waals surface area contributed by atoms with Gasteiger partial charge in [0.15, 0.2) is 5.65 Å². The van der Waals surface area contributed by atoms with Crippen molar-refractivity contribution in [2.45, 2.75) is 13.3 Å². The van der Waals surface area contributed by atoms with E-state index in [1.165, 1.54) is 11.6 Å². The molecule has 0 atom stereocenters. The third-order valence-electron chi connectivity index (χ3n) is 3.28. The van der Waals surface area contributed by atoms with Gasteiger partial charge in [-0.1, -0.05) is 12.1 Å².